The second-order valence-electron chi connectivity index (χ2n) is 3.92. The van der Waals surface area contributed by atoms with Gasteiger partial charge in [-0.2, -0.15) is 0 Å². The van der Waals surface area contributed by atoms with Gasteiger partial charge in [0.2, 0.25) is 5.91 Å². The Labute approximate surface area is 106 Å². The number of halogens is 1. The van der Waals surface area contributed by atoms with Gasteiger partial charge in [-0.3, -0.25) is 9.59 Å². The topological polar surface area (TPSA) is 49.4 Å². The molecule has 4 nitrogen and oxygen atoms in total. The molecule has 0 aromatic heterocycles. The van der Waals surface area contributed by atoms with E-state index >= 15 is 0 Å². The van der Waals surface area contributed by atoms with Gasteiger partial charge in [0.15, 0.2) is 0 Å². The summed E-state index contributed by atoms with van der Waals surface area (Å²) in [6, 6.07) is 4.24. The molecule has 0 heterocycles. The SMILES string of the molecule is CCCN(CC(=O)NC)c1ccc(C=O)cc1F. The van der Waals surface area contributed by atoms with E-state index in [1.807, 2.05) is 6.92 Å². The highest BCUT2D eigenvalue weighted by Gasteiger charge is 2.14. The fraction of sp³-hybridized carbons (Fsp3) is 0.385. The Morgan fingerprint density at radius 3 is 2.72 bits per heavy atom. The number of benzene rings is 1. The van der Waals surface area contributed by atoms with Crippen molar-refractivity contribution in [2.45, 2.75) is 13.3 Å². The number of nitrogens with one attached hydrogen (secondary N) is 1. The minimum Gasteiger partial charge on any atom is -0.360 e. The average molecular weight is 252 g/mol. The minimum absolute atomic E-state index is 0.0989. The van der Waals surface area contributed by atoms with Crippen LogP contribution in [0.1, 0.15) is 23.7 Å². The fourth-order valence-electron chi connectivity index (χ4n) is 1.66. The summed E-state index contributed by atoms with van der Waals surface area (Å²) in [6.07, 6.45) is 1.39. The number of carbonyl (C=O) groups is 2. The van der Waals surface area contributed by atoms with Crippen molar-refractivity contribution in [3.8, 4) is 0 Å². The number of aldehydes is 1. The summed E-state index contributed by atoms with van der Waals surface area (Å²) in [5.41, 5.74) is 0.624. The summed E-state index contributed by atoms with van der Waals surface area (Å²) in [6.45, 7) is 2.63. The Morgan fingerprint density at radius 1 is 1.50 bits per heavy atom. The maximum absolute atomic E-state index is 13.8. The molecule has 0 spiro atoms. The molecule has 0 radical (unpaired) electrons. The first-order valence-corrected chi connectivity index (χ1v) is 5.82. The molecule has 0 aliphatic heterocycles. The second-order valence-corrected chi connectivity index (χ2v) is 3.92. The molecule has 0 atom stereocenters. The zero-order chi connectivity index (χ0) is 13.5. The maximum atomic E-state index is 13.8. The first kappa shape index (κ1) is 14.2. The quantitative estimate of drug-likeness (QED) is 0.782. The van der Waals surface area contributed by atoms with Gasteiger partial charge < -0.3 is 10.2 Å². The number of hydrogen-bond acceptors (Lipinski definition) is 3. The third-order valence-corrected chi connectivity index (χ3v) is 2.56. The standard InChI is InChI=1S/C13H17FN2O2/c1-3-6-16(8-13(18)15-2)12-5-4-10(9-17)7-11(12)14/h4-5,7,9H,3,6,8H2,1-2H3,(H,15,18). The molecular weight excluding hydrogens is 235 g/mol. The number of amides is 1. The van der Waals surface area contributed by atoms with Crippen LogP contribution in [0.15, 0.2) is 18.2 Å². The molecule has 0 aliphatic carbocycles. The van der Waals surface area contributed by atoms with E-state index in [4.69, 9.17) is 0 Å². The van der Waals surface area contributed by atoms with Gasteiger partial charge in [0, 0.05) is 19.2 Å². The van der Waals surface area contributed by atoms with Gasteiger partial charge >= 0.3 is 0 Å². The highest BCUT2D eigenvalue weighted by Crippen LogP contribution is 2.20. The smallest absolute Gasteiger partial charge is 0.239 e. The lowest BCUT2D eigenvalue weighted by molar-refractivity contribution is -0.119. The number of rotatable bonds is 6. The third kappa shape index (κ3) is 3.55. The Balaban J connectivity index is 2.97. The molecule has 0 bridgehead atoms. The van der Waals surface area contributed by atoms with Crippen molar-refractivity contribution in [3.63, 3.8) is 0 Å². The molecule has 0 fully saturated rings. The highest BCUT2D eigenvalue weighted by molar-refractivity contribution is 5.81. The molecule has 0 saturated heterocycles. The number of nitrogens with zero attached hydrogens (tertiary/aromatic N) is 1. The summed E-state index contributed by atoms with van der Waals surface area (Å²) < 4.78 is 13.8. The van der Waals surface area contributed by atoms with E-state index in [-0.39, 0.29) is 18.0 Å². The number of hydrogen-bond donors (Lipinski definition) is 1. The summed E-state index contributed by atoms with van der Waals surface area (Å²) in [5.74, 6) is -0.667. The van der Waals surface area contributed by atoms with Gasteiger partial charge in [-0.15, -0.1) is 0 Å². The van der Waals surface area contributed by atoms with Gasteiger partial charge in [-0.05, 0) is 24.6 Å². The number of anilines is 1. The third-order valence-electron chi connectivity index (χ3n) is 2.56. The molecular formula is C13H17FN2O2. The lowest BCUT2D eigenvalue weighted by Crippen LogP contribution is -2.36. The van der Waals surface area contributed by atoms with Crippen LogP contribution in [0.5, 0.6) is 0 Å². The van der Waals surface area contributed by atoms with Crippen molar-refractivity contribution in [1.82, 2.24) is 5.32 Å². The first-order chi connectivity index (χ1) is 8.62. The Bertz CT molecular complexity index is 435. The van der Waals surface area contributed by atoms with E-state index in [0.29, 0.717) is 18.5 Å². The normalized spacial score (nSPS) is 9.94. The van der Waals surface area contributed by atoms with Crippen molar-refractivity contribution < 1.29 is 14.0 Å². The van der Waals surface area contributed by atoms with Crippen LogP contribution >= 0.6 is 0 Å². The van der Waals surface area contributed by atoms with Gasteiger partial charge in [-0.25, -0.2) is 4.39 Å². The molecule has 18 heavy (non-hydrogen) atoms. The Morgan fingerprint density at radius 2 is 2.22 bits per heavy atom. The predicted octanol–water partition coefficient (Wildman–Crippen LogP) is 1.60. The molecule has 0 aliphatic rings. The van der Waals surface area contributed by atoms with Crippen LogP contribution in [0.4, 0.5) is 10.1 Å². The average Bonchev–Trinajstić information content (AvgIpc) is 2.38. The van der Waals surface area contributed by atoms with Gasteiger partial charge in [0.05, 0.1) is 12.2 Å². The zero-order valence-corrected chi connectivity index (χ0v) is 10.6. The zero-order valence-electron chi connectivity index (χ0n) is 10.6. The number of likely N-dealkylation sites (N-methyl/N-ethyl adjacent to an activating group) is 1. The van der Waals surface area contributed by atoms with Gasteiger partial charge in [-0.1, -0.05) is 6.92 Å². The summed E-state index contributed by atoms with van der Waals surface area (Å²) in [4.78, 5) is 23.6. The van der Waals surface area contributed by atoms with Crippen LogP contribution in [-0.4, -0.2) is 32.3 Å². The molecule has 1 aromatic rings. The monoisotopic (exact) mass is 252 g/mol. The summed E-state index contributed by atoms with van der Waals surface area (Å²) in [7, 11) is 1.54. The lowest BCUT2D eigenvalue weighted by Gasteiger charge is -2.23. The van der Waals surface area contributed by atoms with Crippen LogP contribution in [0.25, 0.3) is 0 Å². The van der Waals surface area contributed by atoms with Crippen LogP contribution in [0.2, 0.25) is 0 Å². The van der Waals surface area contributed by atoms with Crippen LogP contribution in [0.3, 0.4) is 0 Å². The van der Waals surface area contributed by atoms with Gasteiger partial charge in [0.1, 0.15) is 12.1 Å². The van der Waals surface area contributed by atoms with Crippen molar-refractivity contribution in [2.75, 3.05) is 25.0 Å². The van der Waals surface area contributed by atoms with Crippen molar-refractivity contribution >= 4 is 17.9 Å². The fourth-order valence-corrected chi connectivity index (χ4v) is 1.66. The van der Waals surface area contributed by atoms with E-state index in [9.17, 15) is 14.0 Å². The summed E-state index contributed by atoms with van der Waals surface area (Å²) >= 11 is 0. The van der Waals surface area contributed by atoms with E-state index in [2.05, 4.69) is 5.32 Å². The largest absolute Gasteiger partial charge is 0.360 e. The van der Waals surface area contributed by atoms with Crippen LogP contribution in [0, 0.1) is 5.82 Å². The molecule has 0 saturated carbocycles. The Hall–Kier alpha value is -1.91. The lowest BCUT2D eigenvalue weighted by atomic mass is 10.2. The molecule has 1 aromatic carbocycles. The van der Waals surface area contributed by atoms with Gasteiger partial charge in [0.25, 0.3) is 0 Å². The first-order valence-electron chi connectivity index (χ1n) is 5.82. The molecule has 0 unspecified atom stereocenters. The van der Waals surface area contributed by atoms with Crippen LogP contribution < -0.4 is 10.2 Å². The second kappa shape index (κ2) is 6.74. The molecule has 5 heteroatoms. The van der Waals surface area contributed by atoms with E-state index in [0.717, 1.165) is 6.42 Å². The van der Waals surface area contributed by atoms with Crippen molar-refractivity contribution in [1.29, 1.82) is 0 Å². The maximum Gasteiger partial charge on any atom is 0.239 e. The van der Waals surface area contributed by atoms with Crippen molar-refractivity contribution in [2.24, 2.45) is 0 Å². The number of carbonyl (C=O) groups excluding carboxylic acids is 2. The van der Waals surface area contributed by atoms with Crippen molar-refractivity contribution in [3.05, 3.63) is 29.6 Å². The van der Waals surface area contributed by atoms with E-state index < -0.39 is 5.82 Å². The van der Waals surface area contributed by atoms with E-state index in [1.165, 1.54) is 25.2 Å². The molecule has 1 N–H and O–H groups in total. The molecule has 1 amide bonds. The Kier molecular flexibility index (Phi) is 5.30. The molecule has 1 rings (SSSR count). The summed E-state index contributed by atoms with van der Waals surface area (Å²) in [5, 5.41) is 2.51. The minimum atomic E-state index is -0.489. The van der Waals surface area contributed by atoms with Crippen LogP contribution in [-0.2, 0) is 4.79 Å². The van der Waals surface area contributed by atoms with E-state index in [1.54, 1.807) is 4.90 Å². The predicted molar refractivity (Wildman–Crippen MR) is 68.4 cm³/mol. The highest BCUT2D eigenvalue weighted by atomic mass is 19.1. The molecule has 98 valence electrons.